The number of likely N-dealkylation sites (tertiary alicyclic amines) is 1. The van der Waals surface area contributed by atoms with E-state index in [1.807, 2.05) is 6.07 Å². The van der Waals surface area contributed by atoms with Crippen molar-refractivity contribution in [2.45, 2.75) is 45.1 Å². The van der Waals surface area contributed by atoms with Gasteiger partial charge in [-0.3, -0.25) is 0 Å². The van der Waals surface area contributed by atoms with Gasteiger partial charge in [-0.25, -0.2) is 9.97 Å². The largest absolute Gasteiger partial charge is 0.384 e. The molecule has 0 radical (unpaired) electrons. The first-order valence-corrected chi connectivity index (χ1v) is 7.34. The summed E-state index contributed by atoms with van der Waals surface area (Å²) in [7, 11) is 4.29. The van der Waals surface area contributed by atoms with Crippen LogP contribution in [0.15, 0.2) is 6.07 Å². The van der Waals surface area contributed by atoms with Gasteiger partial charge in [0.25, 0.3) is 0 Å². The molecule has 1 aliphatic heterocycles. The highest BCUT2D eigenvalue weighted by Crippen LogP contribution is 2.25. The van der Waals surface area contributed by atoms with Crippen molar-refractivity contribution in [1.82, 2.24) is 14.9 Å². The minimum absolute atomic E-state index is 0.0856. The Kier molecular flexibility index (Phi) is 4.18. The molecule has 1 fully saturated rings. The fourth-order valence-corrected chi connectivity index (χ4v) is 2.54. The number of anilines is 2. The summed E-state index contributed by atoms with van der Waals surface area (Å²) in [6, 6.07) is 2.42. The van der Waals surface area contributed by atoms with Gasteiger partial charge in [0.1, 0.15) is 17.5 Å². The average Bonchev–Trinajstić information content (AvgIpc) is 2.37. The van der Waals surface area contributed by atoms with Gasteiger partial charge in [-0.1, -0.05) is 20.8 Å². The molecule has 0 atom stereocenters. The Morgan fingerprint density at radius 2 is 1.85 bits per heavy atom. The summed E-state index contributed by atoms with van der Waals surface area (Å²) in [5.41, 5.74) is 5.87. The van der Waals surface area contributed by atoms with Crippen LogP contribution in [0, 0.1) is 0 Å². The van der Waals surface area contributed by atoms with Gasteiger partial charge in [-0.15, -0.1) is 0 Å². The molecule has 112 valence electrons. The number of hydrogen-bond acceptors (Lipinski definition) is 5. The molecule has 2 N–H and O–H groups in total. The summed E-state index contributed by atoms with van der Waals surface area (Å²) in [5.74, 6) is 2.31. The van der Waals surface area contributed by atoms with Crippen LogP contribution in [-0.4, -0.2) is 48.1 Å². The second-order valence-electron chi connectivity index (χ2n) is 6.87. The van der Waals surface area contributed by atoms with E-state index in [4.69, 9.17) is 10.7 Å². The molecule has 0 spiro atoms. The number of aromatic nitrogens is 2. The van der Waals surface area contributed by atoms with Crippen LogP contribution in [0.5, 0.6) is 0 Å². The van der Waals surface area contributed by atoms with E-state index in [0.717, 1.165) is 24.7 Å². The Labute approximate surface area is 122 Å². The Morgan fingerprint density at radius 3 is 2.40 bits per heavy atom. The number of nitrogen functional groups attached to an aromatic ring is 1. The van der Waals surface area contributed by atoms with E-state index in [9.17, 15) is 0 Å². The van der Waals surface area contributed by atoms with Crippen LogP contribution in [0.4, 0.5) is 11.6 Å². The van der Waals surface area contributed by atoms with E-state index in [2.05, 4.69) is 49.7 Å². The van der Waals surface area contributed by atoms with E-state index >= 15 is 0 Å². The lowest BCUT2D eigenvalue weighted by Crippen LogP contribution is -2.42. The molecular weight excluding hydrogens is 250 g/mol. The molecule has 0 unspecified atom stereocenters. The van der Waals surface area contributed by atoms with Crippen LogP contribution >= 0.6 is 0 Å². The summed E-state index contributed by atoms with van der Waals surface area (Å²) in [4.78, 5) is 13.7. The molecule has 2 rings (SSSR count). The summed E-state index contributed by atoms with van der Waals surface area (Å²) >= 11 is 0. The molecule has 1 saturated heterocycles. The number of nitrogens with two attached hydrogens (primary N) is 1. The van der Waals surface area contributed by atoms with Crippen molar-refractivity contribution in [2.75, 3.05) is 37.8 Å². The topological polar surface area (TPSA) is 58.3 Å². The molecule has 0 amide bonds. The Balaban J connectivity index is 2.21. The zero-order valence-electron chi connectivity index (χ0n) is 13.3. The van der Waals surface area contributed by atoms with Crippen molar-refractivity contribution in [3.05, 3.63) is 11.9 Å². The number of rotatable bonds is 2. The maximum atomic E-state index is 5.96. The average molecular weight is 277 g/mol. The Bertz CT molecular complexity index is 458. The molecule has 5 nitrogen and oxygen atoms in total. The van der Waals surface area contributed by atoms with Crippen LogP contribution in [0.2, 0.25) is 0 Å². The van der Waals surface area contributed by atoms with Gasteiger partial charge in [0, 0.05) is 24.6 Å². The lowest BCUT2D eigenvalue weighted by molar-refractivity contribution is 0.252. The third kappa shape index (κ3) is 3.39. The van der Waals surface area contributed by atoms with Crippen LogP contribution < -0.4 is 10.6 Å². The molecule has 5 heteroatoms. The predicted molar refractivity (Wildman–Crippen MR) is 84.1 cm³/mol. The fourth-order valence-electron chi connectivity index (χ4n) is 2.54. The normalized spacial score (nSPS) is 18.2. The standard InChI is InChI=1S/C15H27N5/c1-15(2,3)14-17-12(16)10-13(18-14)20(5)11-6-8-19(4)9-7-11/h10-11H,6-9H2,1-5H3,(H2,16,17,18). The van der Waals surface area contributed by atoms with Crippen molar-refractivity contribution in [3.8, 4) is 0 Å². The second-order valence-corrected chi connectivity index (χ2v) is 6.87. The van der Waals surface area contributed by atoms with Crippen LogP contribution in [-0.2, 0) is 5.41 Å². The third-order valence-electron chi connectivity index (χ3n) is 4.00. The first-order chi connectivity index (χ1) is 9.27. The molecule has 0 bridgehead atoms. The highest BCUT2D eigenvalue weighted by atomic mass is 15.2. The molecule has 1 aliphatic rings. The fraction of sp³-hybridized carbons (Fsp3) is 0.733. The van der Waals surface area contributed by atoms with E-state index in [1.165, 1.54) is 12.8 Å². The van der Waals surface area contributed by atoms with Gasteiger partial charge in [-0.2, -0.15) is 0 Å². The minimum atomic E-state index is -0.0856. The molecule has 0 aliphatic carbocycles. The maximum Gasteiger partial charge on any atom is 0.138 e. The third-order valence-corrected chi connectivity index (χ3v) is 4.00. The number of piperidine rings is 1. The number of nitrogens with zero attached hydrogens (tertiary/aromatic N) is 4. The van der Waals surface area contributed by atoms with E-state index in [-0.39, 0.29) is 5.41 Å². The molecule has 2 heterocycles. The Morgan fingerprint density at radius 1 is 1.25 bits per heavy atom. The van der Waals surface area contributed by atoms with Crippen LogP contribution in [0.3, 0.4) is 0 Å². The highest BCUT2D eigenvalue weighted by molar-refractivity contribution is 5.48. The molecular formula is C15H27N5. The van der Waals surface area contributed by atoms with Gasteiger partial charge in [-0.05, 0) is 33.0 Å². The van der Waals surface area contributed by atoms with Crippen molar-refractivity contribution in [3.63, 3.8) is 0 Å². The lowest BCUT2D eigenvalue weighted by Gasteiger charge is -2.36. The summed E-state index contributed by atoms with van der Waals surface area (Å²) in [5, 5.41) is 0. The SMILES string of the molecule is CN1CCC(N(C)c2cc(N)nc(C(C)(C)C)n2)CC1. The molecule has 0 saturated carbocycles. The zero-order valence-corrected chi connectivity index (χ0v) is 13.3. The Hall–Kier alpha value is -1.36. The van der Waals surface area contributed by atoms with Crippen LogP contribution in [0.25, 0.3) is 0 Å². The smallest absolute Gasteiger partial charge is 0.138 e. The molecule has 0 aromatic carbocycles. The van der Waals surface area contributed by atoms with Crippen molar-refractivity contribution in [1.29, 1.82) is 0 Å². The molecule has 1 aromatic rings. The van der Waals surface area contributed by atoms with Crippen molar-refractivity contribution >= 4 is 11.6 Å². The minimum Gasteiger partial charge on any atom is -0.384 e. The van der Waals surface area contributed by atoms with Gasteiger partial charge >= 0.3 is 0 Å². The monoisotopic (exact) mass is 277 g/mol. The molecule has 20 heavy (non-hydrogen) atoms. The quantitative estimate of drug-likeness (QED) is 0.894. The first kappa shape index (κ1) is 15.0. The predicted octanol–water partition coefficient (Wildman–Crippen LogP) is 1.89. The zero-order chi connectivity index (χ0) is 14.9. The van der Waals surface area contributed by atoms with Gasteiger partial charge in [0.2, 0.25) is 0 Å². The molecule has 1 aromatic heterocycles. The maximum absolute atomic E-state index is 5.96. The van der Waals surface area contributed by atoms with Crippen LogP contribution in [0.1, 0.15) is 39.4 Å². The number of hydrogen-bond donors (Lipinski definition) is 1. The van der Waals surface area contributed by atoms with Gasteiger partial charge < -0.3 is 15.5 Å². The summed E-state index contributed by atoms with van der Waals surface area (Å²) in [6.07, 6.45) is 2.34. The van der Waals surface area contributed by atoms with E-state index in [1.54, 1.807) is 0 Å². The summed E-state index contributed by atoms with van der Waals surface area (Å²) in [6.45, 7) is 8.62. The van der Waals surface area contributed by atoms with E-state index in [0.29, 0.717) is 11.9 Å². The first-order valence-electron chi connectivity index (χ1n) is 7.34. The lowest BCUT2D eigenvalue weighted by atomic mass is 9.95. The van der Waals surface area contributed by atoms with Gasteiger partial charge in [0.05, 0.1) is 0 Å². The van der Waals surface area contributed by atoms with Crippen molar-refractivity contribution < 1.29 is 0 Å². The van der Waals surface area contributed by atoms with Gasteiger partial charge in [0.15, 0.2) is 0 Å². The second kappa shape index (κ2) is 5.56. The highest BCUT2D eigenvalue weighted by Gasteiger charge is 2.24. The summed E-state index contributed by atoms with van der Waals surface area (Å²) < 4.78 is 0. The van der Waals surface area contributed by atoms with Crippen molar-refractivity contribution in [2.24, 2.45) is 0 Å². The van der Waals surface area contributed by atoms with E-state index < -0.39 is 0 Å².